The van der Waals surface area contributed by atoms with Crippen LogP contribution in [0.4, 0.5) is 4.79 Å². The first kappa shape index (κ1) is 18.7. The average molecular weight is 394 g/mol. The molecule has 4 heterocycles. The normalized spacial score (nSPS) is 26.0. The van der Waals surface area contributed by atoms with Gasteiger partial charge in [-0.05, 0) is 56.7 Å². The summed E-state index contributed by atoms with van der Waals surface area (Å²) in [5.41, 5.74) is 1.70. The number of hydrogen-bond acceptors (Lipinski definition) is 3. The van der Waals surface area contributed by atoms with Gasteiger partial charge >= 0.3 is 6.03 Å². The second-order valence-electron chi connectivity index (χ2n) is 9.21. The van der Waals surface area contributed by atoms with Crippen LogP contribution in [0.2, 0.25) is 0 Å². The predicted octanol–water partition coefficient (Wildman–Crippen LogP) is 3.59. The molecule has 6 heteroatoms. The minimum absolute atomic E-state index is 0.0387. The van der Waals surface area contributed by atoms with Crippen molar-refractivity contribution >= 4 is 6.03 Å². The van der Waals surface area contributed by atoms with E-state index in [-0.39, 0.29) is 12.1 Å². The summed E-state index contributed by atoms with van der Waals surface area (Å²) in [7, 11) is 0. The highest BCUT2D eigenvalue weighted by molar-refractivity contribution is 5.75. The molecule has 0 saturated carbocycles. The third-order valence-electron chi connectivity index (χ3n) is 7.25. The van der Waals surface area contributed by atoms with Gasteiger partial charge in [0, 0.05) is 38.1 Å². The first-order valence-electron chi connectivity index (χ1n) is 11.0. The smallest absolute Gasteiger partial charge is 0.318 e. The largest absolute Gasteiger partial charge is 0.330 e. The van der Waals surface area contributed by atoms with Crippen LogP contribution in [-0.4, -0.2) is 51.6 Å². The number of imidazole rings is 1. The van der Waals surface area contributed by atoms with Crippen LogP contribution in [0.25, 0.3) is 0 Å². The van der Waals surface area contributed by atoms with Crippen LogP contribution in [0.1, 0.15) is 56.1 Å². The third-order valence-corrected chi connectivity index (χ3v) is 7.25. The lowest BCUT2D eigenvalue weighted by atomic mass is 9.77. The van der Waals surface area contributed by atoms with Gasteiger partial charge in [0.1, 0.15) is 5.82 Å². The van der Waals surface area contributed by atoms with Crippen molar-refractivity contribution in [2.24, 2.45) is 5.41 Å². The third kappa shape index (κ3) is 3.66. The quantitative estimate of drug-likeness (QED) is 0.867. The zero-order valence-electron chi connectivity index (χ0n) is 17.3. The molecule has 2 atom stereocenters. The molecule has 2 amide bonds. The molecule has 0 bridgehead atoms. The van der Waals surface area contributed by atoms with Crippen LogP contribution in [0.3, 0.4) is 0 Å². The number of nitrogens with one attached hydrogen (secondary N) is 1. The van der Waals surface area contributed by atoms with Crippen molar-refractivity contribution in [1.29, 1.82) is 0 Å². The van der Waals surface area contributed by atoms with E-state index in [1.807, 2.05) is 17.3 Å². The minimum Gasteiger partial charge on any atom is -0.330 e. The van der Waals surface area contributed by atoms with Crippen LogP contribution in [-0.2, 0) is 6.54 Å². The standard InChI is InChI=1S/C23H31N5O/c1-18-15-20(21-24-10-14-28(18)21)25-22(29)27-13-9-23(17-27)7-11-26(12-8-23)16-19-5-3-2-4-6-19/h2-6,10,14,18,20H,7-9,11-13,15-17H2,1H3,(H,25,29). The highest BCUT2D eigenvalue weighted by Crippen LogP contribution is 2.41. The molecule has 1 aromatic carbocycles. The van der Waals surface area contributed by atoms with Gasteiger partial charge in [-0.1, -0.05) is 30.3 Å². The van der Waals surface area contributed by atoms with Crippen LogP contribution in [0.5, 0.6) is 0 Å². The van der Waals surface area contributed by atoms with Gasteiger partial charge in [-0.15, -0.1) is 0 Å². The van der Waals surface area contributed by atoms with Gasteiger partial charge in [0.15, 0.2) is 0 Å². The highest BCUT2D eigenvalue weighted by atomic mass is 16.2. The second kappa shape index (κ2) is 7.48. The zero-order chi connectivity index (χ0) is 19.8. The van der Waals surface area contributed by atoms with Gasteiger partial charge in [-0.2, -0.15) is 0 Å². The summed E-state index contributed by atoms with van der Waals surface area (Å²) in [5.74, 6) is 0.994. The number of amides is 2. The fourth-order valence-electron chi connectivity index (χ4n) is 5.43. The first-order valence-corrected chi connectivity index (χ1v) is 11.0. The maximum atomic E-state index is 12.9. The van der Waals surface area contributed by atoms with Crippen molar-refractivity contribution in [3.8, 4) is 0 Å². The van der Waals surface area contributed by atoms with Gasteiger partial charge in [-0.3, -0.25) is 4.90 Å². The van der Waals surface area contributed by atoms with Crippen molar-refractivity contribution < 1.29 is 4.79 Å². The Balaban J connectivity index is 1.14. The fraction of sp³-hybridized carbons (Fsp3) is 0.565. The molecule has 1 aromatic heterocycles. The van der Waals surface area contributed by atoms with Crippen LogP contribution >= 0.6 is 0 Å². The Kier molecular flexibility index (Phi) is 4.82. The number of aromatic nitrogens is 2. The van der Waals surface area contributed by atoms with Crippen LogP contribution in [0, 0.1) is 5.41 Å². The van der Waals surface area contributed by atoms with E-state index in [0.717, 1.165) is 51.4 Å². The summed E-state index contributed by atoms with van der Waals surface area (Å²) in [6, 6.07) is 11.3. The zero-order valence-corrected chi connectivity index (χ0v) is 17.3. The number of rotatable bonds is 3. The minimum atomic E-state index is 0.0387. The summed E-state index contributed by atoms with van der Waals surface area (Å²) in [6.07, 6.45) is 8.29. The van der Waals surface area contributed by atoms with Gasteiger partial charge in [0.05, 0.1) is 6.04 Å². The number of likely N-dealkylation sites (tertiary alicyclic amines) is 2. The number of hydrogen-bond donors (Lipinski definition) is 1. The van der Waals surface area contributed by atoms with E-state index in [1.54, 1.807) is 0 Å². The summed E-state index contributed by atoms with van der Waals surface area (Å²) in [6.45, 7) is 7.25. The molecule has 2 unspecified atom stereocenters. The van der Waals surface area contributed by atoms with E-state index in [1.165, 1.54) is 18.4 Å². The molecule has 2 fully saturated rings. The molecule has 1 N–H and O–H groups in total. The van der Waals surface area contributed by atoms with Gasteiger partial charge in [0.25, 0.3) is 0 Å². The molecule has 0 aliphatic carbocycles. The Morgan fingerprint density at radius 2 is 1.93 bits per heavy atom. The predicted molar refractivity (Wildman–Crippen MR) is 112 cm³/mol. The number of fused-ring (bicyclic) bond motifs is 1. The number of urea groups is 1. The number of carbonyl (C=O) groups is 1. The van der Waals surface area contributed by atoms with E-state index in [0.29, 0.717) is 11.5 Å². The molecular formula is C23H31N5O. The number of nitrogens with zero attached hydrogens (tertiary/aromatic N) is 4. The maximum Gasteiger partial charge on any atom is 0.318 e. The molecule has 2 saturated heterocycles. The molecule has 2 aromatic rings. The van der Waals surface area contributed by atoms with Crippen molar-refractivity contribution in [3.05, 3.63) is 54.1 Å². The Morgan fingerprint density at radius 3 is 2.72 bits per heavy atom. The Morgan fingerprint density at radius 1 is 1.17 bits per heavy atom. The Bertz CT molecular complexity index is 855. The number of benzene rings is 1. The lowest BCUT2D eigenvalue weighted by Crippen LogP contribution is -2.44. The average Bonchev–Trinajstić information content (AvgIpc) is 3.44. The maximum absolute atomic E-state index is 12.9. The molecule has 1 spiro atoms. The van der Waals surface area contributed by atoms with Gasteiger partial charge < -0.3 is 14.8 Å². The molecule has 6 nitrogen and oxygen atoms in total. The van der Waals surface area contributed by atoms with E-state index >= 15 is 0 Å². The van der Waals surface area contributed by atoms with E-state index in [4.69, 9.17) is 0 Å². The number of piperidine rings is 1. The van der Waals surface area contributed by atoms with Crippen LogP contribution in [0.15, 0.2) is 42.7 Å². The Hall–Kier alpha value is -2.34. The summed E-state index contributed by atoms with van der Waals surface area (Å²) in [4.78, 5) is 22.0. The lowest BCUT2D eigenvalue weighted by molar-refractivity contribution is 0.105. The van der Waals surface area contributed by atoms with Gasteiger partial charge in [-0.25, -0.2) is 9.78 Å². The number of carbonyl (C=O) groups excluding carboxylic acids is 1. The second-order valence-corrected chi connectivity index (χ2v) is 9.21. The summed E-state index contributed by atoms with van der Waals surface area (Å²) in [5, 5.41) is 3.25. The molecule has 0 radical (unpaired) electrons. The van der Waals surface area contributed by atoms with Gasteiger partial charge in [0.2, 0.25) is 0 Å². The van der Waals surface area contributed by atoms with Crippen molar-refractivity contribution in [2.75, 3.05) is 26.2 Å². The van der Waals surface area contributed by atoms with Crippen molar-refractivity contribution in [2.45, 2.75) is 51.2 Å². The molecular weight excluding hydrogens is 362 g/mol. The highest BCUT2D eigenvalue weighted by Gasteiger charge is 2.42. The SMILES string of the molecule is CC1CC(NC(=O)N2CCC3(CCN(Cc4ccccc4)CC3)C2)c2nccn21. The van der Waals surface area contributed by atoms with Crippen molar-refractivity contribution in [1.82, 2.24) is 24.7 Å². The monoisotopic (exact) mass is 393 g/mol. The first-order chi connectivity index (χ1) is 14.1. The lowest BCUT2D eigenvalue weighted by Gasteiger charge is -2.39. The molecule has 29 heavy (non-hydrogen) atoms. The molecule has 3 aliphatic rings. The van der Waals surface area contributed by atoms with E-state index in [9.17, 15) is 4.79 Å². The Labute approximate surface area is 172 Å². The molecule has 5 rings (SSSR count). The van der Waals surface area contributed by atoms with Crippen LogP contribution < -0.4 is 5.32 Å². The van der Waals surface area contributed by atoms with E-state index in [2.05, 4.69) is 57.0 Å². The van der Waals surface area contributed by atoms with E-state index < -0.39 is 0 Å². The fourth-order valence-corrected chi connectivity index (χ4v) is 5.43. The molecule has 3 aliphatic heterocycles. The topological polar surface area (TPSA) is 53.4 Å². The summed E-state index contributed by atoms with van der Waals surface area (Å²) < 4.78 is 2.18. The summed E-state index contributed by atoms with van der Waals surface area (Å²) >= 11 is 0. The van der Waals surface area contributed by atoms with Crippen molar-refractivity contribution in [3.63, 3.8) is 0 Å². The molecule has 154 valence electrons.